The number of rotatable bonds is 7. The average molecular weight is 404 g/mol. The Balaban J connectivity index is 1.64. The van der Waals surface area contributed by atoms with Crippen LogP contribution in [-0.4, -0.2) is 44.9 Å². The summed E-state index contributed by atoms with van der Waals surface area (Å²) in [5.74, 6) is 0.416. The summed E-state index contributed by atoms with van der Waals surface area (Å²) in [5, 5.41) is 5.91. The summed E-state index contributed by atoms with van der Waals surface area (Å²) in [7, 11) is -1.88. The molecule has 1 aliphatic heterocycles. The van der Waals surface area contributed by atoms with Crippen LogP contribution in [0.5, 0.6) is 5.75 Å². The molecule has 0 aliphatic carbocycles. The van der Waals surface area contributed by atoms with Gasteiger partial charge in [-0.05, 0) is 56.2 Å². The van der Waals surface area contributed by atoms with Gasteiger partial charge in [-0.15, -0.1) is 0 Å². The van der Waals surface area contributed by atoms with Gasteiger partial charge >= 0.3 is 0 Å². The minimum Gasteiger partial charge on any atom is -0.495 e. The van der Waals surface area contributed by atoms with Gasteiger partial charge in [-0.25, -0.2) is 8.42 Å². The van der Waals surface area contributed by atoms with Gasteiger partial charge in [-0.3, -0.25) is 4.79 Å². The number of benzene rings is 2. The maximum Gasteiger partial charge on any atom is 0.246 e. The van der Waals surface area contributed by atoms with Crippen molar-refractivity contribution in [3.8, 4) is 5.75 Å². The SMILES string of the molecule is COc1ccccc1N[C@H](C)C(=O)Nc1ccc(S(=O)(=O)N2CCCC2)cc1. The molecule has 0 unspecified atom stereocenters. The molecule has 0 spiro atoms. The summed E-state index contributed by atoms with van der Waals surface area (Å²) in [4.78, 5) is 12.7. The van der Waals surface area contributed by atoms with Crippen LogP contribution in [0.2, 0.25) is 0 Å². The maximum atomic E-state index is 12.6. The normalized spacial score (nSPS) is 15.8. The first-order valence-electron chi connectivity index (χ1n) is 9.22. The van der Waals surface area contributed by atoms with Crippen LogP contribution in [0.25, 0.3) is 0 Å². The Labute approximate surface area is 165 Å². The molecule has 2 aromatic rings. The Morgan fingerprint density at radius 2 is 1.71 bits per heavy atom. The first-order chi connectivity index (χ1) is 13.4. The van der Waals surface area contributed by atoms with Crippen LogP contribution in [0.4, 0.5) is 11.4 Å². The number of anilines is 2. The van der Waals surface area contributed by atoms with Crippen LogP contribution >= 0.6 is 0 Å². The lowest BCUT2D eigenvalue weighted by Crippen LogP contribution is -2.32. The van der Waals surface area contributed by atoms with Crippen LogP contribution in [0.1, 0.15) is 19.8 Å². The van der Waals surface area contributed by atoms with Crippen molar-refractivity contribution in [3.05, 3.63) is 48.5 Å². The van der Waals surface area contributed by atoms with Crippen LogP contribution in [-0.2, 0) is 14.8 Å². The van der Waals surface area contributed by atoms with Crippen molar-refractivity contribution < 1.29 is 17.9 Å². The molecule has 28 heavy (non-hydrogen) atoms. The zero-order valence-electron chi connectivity index (χ0n) is 16.0. The van der Waals surface area contributed by atoms with E-state index in [0.29, 0.717) is 24.5 Å². The van der Waals surface area contributed by atoms with Gasteiger partial charge in [0.25, 0.3) is 0 Å². The Morgan fingerprint density at radius 3 is 2.36 bits per heavy atom. The molecule has 0 saturated carbocycles. The molecule has 7 nitrogen and oxygen atoms in total. The summed E-state index contributed by atoms with van der Waals surface area (Å²) in [6, 6.07) is 13.1. The van der Waals surface area contributed by atoms with Gasteiger partial charge in [0.15, 0.2) is 0 Å². The fraction of sp³-hybridized carbons (Fsp3) is 0.350. The van der Waals surface area contributed by atoms with E-state index in [1.165, 1.54) is 16.4 Å². The quantitative estimate of drug-likeness (QED) is 0.742. The molecule has 0 bridgehead atoms. The number of nitrogens with zero attached hydrogens (tertiary/aromatic N) is 1. The number of hydrogen-bond acceptors (Lipinski definition) is 5. The van der Waals surface area contributed by atoms with Crippen molar-refractivity contribution in [3.63, 3.8) is 0 Å². The highest BCUT2D eigenvalue weighted by atomic mass is 32.2. The molecule has 1 heterocycles. The number of nitrogens with one attached hydrogen (secondary N) is 2. The van der Waals surface area contributed by atoms with E-state index in [2.05, 4.69) is 10.6 Å². The third-order valence-electron chi connectivity index (χ3n) is 4.70. The van der Waals surface area contributed by atoms with E-state index >= 15 is 0 Å². The van der Waals surface area contributed by atoms with Gasteiger partial charge in [0.2, 0.25) is 15.9 Å². The lowest BCUT2D eigenvalue weighted by atomic mass is 10.2. The number of amides is 1. The molecule has 1 saturated heterocycles. The van der Waals surface area contributed by atoms with Gasteiger partial charge in [-0.1, -0.05) is 12.1 Å². The highest BCUT2D eigenvalue weighted by Crippen LogP contribution is 2.25. The summed E-state index contributed by atoms with van der Waals surface area (Å²) >= 11 is 0. The summed E-state index contributed by atoms with van der Waals surface area (Å²) in [6.07, 6.45) is 1.79. The topological polar surface area (TPSA) is 87.7 Å². The number of carbonyl (C=O) groups is 1. The molecule has 0 aromatic heterocycles. The first kappa shape index (κ1) is 20.2. The Bertz CT molecular complexity index is 923. The van der Waals surface area contributed by atoms with Gasteiger partial charge in [0, 0.05) is 18.8 Å². The van der Waals surface area contributed by atoms with Crippen LogP contribution in [0.3, 0.4) is 0 Å². The van der Waals surface area contributed by atoms with Gasteiger partial charge in [0.05, 0.1) is 17.7 Å². The van der Waals surface area contributed by atoms with Gasteiger partial charge < -0.3 is 15.4 Å². The van der Waals surface area contributed by atoms with Crippen molar-refractivity contribution in [1.82, 2.24) is 4.31 Å². The molecule has 2 N–H and O–H groups in total. The van der Waals surface area contributed by atoms with E-state index in [1.54, 1.807) is 26.2 Å². The zero-order valence-corrected chi connectivity index (χ0v) is 16.8. The first-order valence-corrected chi connectivity index (χ1v) is 10.7. The zero-order chi connectivity index (χ0) is 20.1. The molecule has 2 aromatic carbocycles. The molecular weight excluding hydrogens is 378 g/mol. The number of ether oxygens (including phenoxy) is 1. The molecule has 3 rings (SSSR count). The predicted octanol–water partition coefficient (Wildman–Crippen LogP) is 2.92. The molecule has 8 heteroatoms. The summed E-state index contributed by atoms with van der Waals surface area (Å²) in [6.45, 7) is 2.87. The van der Waals surface area contributed by atoms with E-state index in [1.807, 2.05) is 24.3 Å². The average Bonchev–Trinajstić information content (AvgIpc) is 3.24. The van der Waals surface area contributed by atoms with Crippen molar-refractivity contribution in [2.24, 2.45) is 0 Å². The molecular formula is C20H25N3O4S. The van der Waals surface area contributed by atoms with E-state index in [-0.39, 0.29) is 10.8 Å². The Hall–Kier alpha value is -2.58. The highest BCUT2D eigenvalue weighted by molar-refractivity contribution is 7.89. The van der Waals surface area contributed by atoms with E-state index in [0.717, 1.165) is 18.5 Å². The minimum atomic E-state index is -3.45. The lowest BCUT2D eigenvalue weighted by molar-refractivity contribution is -0.116. The van der Waals surface area contributed by atoms with E-state index in [9.17, 15) is 13.2 Å². The highest BCUT2D eigenvalue weighted by Gasteiger charge is 2.27. The van der Waals surface area contributed by atoms with Gasteiger partial charge in [-0.2, -0.15) is 4.31 Å². The van der Waals surface area contributed by atoms with Crippen molar-refractivity contribution in [2.45, 2.75) is 30.7 Å². The molecule has 1 atom stereocenters. The number of para-hydroxylation sites is 2. The second kappa shape index (κ2) is 8.62. The molecule has 150 valence electrons. The lowest BCUT2D eigenvalue weighted by Gasteiger charge is -2.18. The minimum absolute atomic E-state index is 0.235. The smallest absolute Gasteiger partial charge is 0.246 e. The van der Waals surface area contributed by atoms with E-state index < -0.39 is 16.1 Å². The second-order valence-electron chi connectivity index (χ2n) is 6.69. The van der Waals surface area contributed by atoms with Crippen LogP contribution in [0.15, 0.2) is 53.4 Å². The third kappa shape index (κ3) is 4.45. The molecule has 1 aliphatic rings. The monoisotopic (exact) mass is 403 g/mol. The number of methoxy groups -OCH3 is 1. The second-order valence-corrected chi connectivity index (χ2v) is 8.63. The molecule has 1 fully saturated rings. The fourth-order valence-corrected chi connectivity index (χ4v) is 4.62. The summed E-state index contributed by atoms with van der Waals surface area (Å²) in [5.41, 5.74) is 1.26. The largest absolute Gasteiger partial charge is 0.495 e. The number of hydrogen-bond donors (Lipinski definition) is 2. The molecule has 0 radical (unpaired) electrons. The number of sulfonamides is 1. The van der Waals surface area contributed by atoms with Crippen LogP contribution < -0.4 is 15.4 Å². The standard InChI is InChI=1S/C20H25N3O4S/c1-15(21-18-7-3-4-8-19(18)27-2)20(24)22-16-9-11-17(12-10-16)28(25,26)23-13-5-6-14-23/h3-4,7-12,15,21H,5-6,13-14H2,1-2H3,(H,22,24)/t15-/m1/s1. The maximum absolute atomic E-state index is 12.6. The Kier molecular flexibility index (Phi) is 6.21. The third-order valence-corrected chi connectivity index (χ3v) is 6.61. The fourth-order valence-electron chi connectivity index (χ4n) is 3.10. The van der Waals surface area contributed by atoms with Crippen molar-refractivity contribution in [2.75, 3.05) is 30.8 Å². The predicted molar refractivity (Wildman–Crippen MR) is 109 cm³/mol. The van der Waals surface area contributed by atoms with Crippen molar-refractivity contribution in [1.29, 1.82) is 0 Å². The number of carbonyl (C=O) groups excluding carboxylic acids is 1. The van der Waals surface area contributed by atoms with E-state index in [4.69, 9.17) is 4.74 Å². The van der Waals surface area contributed by atoms with Crippen LogP contribution in [0, 0.1) is 0 Å². The Morgan fingerprint density at radius 1 is 1.07 bits per heavy atom. The van der Waals surface area contributed by atoms with Gasteiger partial charge in [0.1, 0.15) is 11.8 Å². The van der Waals surface area contributed by atoms with Crippen molar-refractivity contribution >= 4 is 27.3 Å². The molecule has 1 amide bonds. The summed E-state index contributed by atoms with van der Waals surface area (Å²) < 4.78 is 31.9.